The number of rotatable bonds is 4. The van der Waals surface area contributed by atoms with Crippen LogP contribution in [0.2, 0.25) is 0 Å². The summed E-state index contributed by atoms with van der Waals surface area (Å²) in [5.74, 6) is 1.04. The predicted molar refractivity (Wildman–Crippen MR) is 59.3 cm³/mol. The van der Waals surface area contributed by atoms with Crippen molar-refractivity contribution in [2.45, 2.75) is 31.7 Å². The van der Waals surface area contributed by atoms with E-state index in [4.69, 9.17) is 5.26 Å². The van der Waals surface area contributed by atoms with Crippen molar-refractivity contribution in [2.24, 2.45) is 0 Å². The molecule has 14 heavy (non-hydrogen) atoms. The number of aryl methyl sites for hydroxylation is 1. The monoisotopic (exact) mass is 206 g/mol. The van der Waals surface area contributed by atoms with Crippen LogP contribution in [-0.4, -0.2) is 10.7 Å². The average Bonchev–Trinajstić information content (AvgIpc) is 2.18. The summed E-state index contributed by atoms with van der Waals surface area (Å²) in [6.45, 7) is 4.11. The van der Waals surface area contributed by atoms with Crippen LogP contribution in [0.25, 0.3) is 0 Å². The number of pyridine rings is 1. The molecule has 0 N–H and O–H groups in total. The number of aromatic nitrogens is 1. The molecule has 0 amide bonds. The summed E-state index contributed by atoms with van der Waals surface area (Å²) in [5.41, 5.74) is 1.75. The Balaban J connectivity index is 2.76. The van der Waals surface area contributed by atoms with Gasteiger partial charge in [0.2, 0.25) is 0 Å². The molecular formula is C11H14N2S. The lowest BCUT2D eigenvalue weighted by Gasteiger charge is -2.03. The molecular weight excluding hydrogens is 192 g/mol. The van der Waals surface area contributed by atoms with Gasteiger partial charge in [-0.2, -0.15) is 5.26 Å². The van der Waals surface area contributed by atoms with Gasteiger partial charge in [0.1, 0.15) is 11.1 Å². The fourth-order valence-corrected chi connectivity index (χ4v) is 2.20. The van der Waals surface area contributed by atoms with Crippen molar-refractivity contribution in [2.75, 3.05) is 5.75 Å². The Morgan fingerprint density at radius 1 is 1.57 bits per heavy atom. The molecule has 1 aromatic heterocycles. The maximum atomic E-state index is 8.95. The van der Waals surface area contributed by atoms with Crippen molar-refractivity contribution in [3.05, 3.63) is 23.4 Å². The summed E-state index contributed by atoms with van der Waals surface area (Å²) in [7, 11) is 0. The summed E-state index contributed by atoms with van der Waals surface area (Å²) in [6, 6.07) is 4.08. The van der Waals surface area contributed by atoms with Crippen molar-refractivity contribution < 1.29 is 0 Å². The molecule has 2 nitrogen and oxygen atoms in total. The first-order chi connectivity index (χ1) is 6.79. The van der Waals surface area contributed by atoms with E-state index in [1.165, 1.54) is 12.8 Å². The summed E-state index contributed by atoms with van der Waals surface area (Å²) in [5, 5.41) is 9.83. The second-order valence-corrected chi connectivity index (χ2v) is 4.21. The number of nitrogens with zero attached hydrogens (tertiary/aromatic N) is 2. The van der Waals surface area contributed by atoms with Crippen LogP contribution in [0, 0.1) is 18.3 Å². The van der Waals surface area contributed by atoms with Crippen LogP contribution in [0.3, 0.4) is 0 Å². The summed E-state index contributed by atoms with van der Waals surface area (Å²) >= 11 is 1.68. The SMILES string of the molecule is CCCCSc1nccc(C)c1C#N. The predicted octanol–water partition coefficient (Wildman–Crippen LogP) is 3.15. The van der Waals surface area contributed by atoms with Crippen LogP contribution in [0.15, 0.2) is 17.3 Å². The molecule has 1 rings (SSSR count). The molecule has 1 heterocycles. The van der Waals surface area contributed by atoms with E-state index in [9.17, 15) is 0 Å². The molecule has 0 spiro atoms. The summed E-state index contributed by atoms with van der Waals surface area (Å²) < 4.78 is 0. The van der Waals surface area contributed by atoms with Gasteiger partial charge in [0.25, 0.3) is 0 Å². The normalized spacial score (nSPS) is 9.79. The van der Waals surface area contributed by atoms with E-state index in [-0.39, 0.29) is 0 Å². The Hall–Kier alpha value is -1.01. The van der Waals surface area contributed by atoms with Crippen molar-refractivity contribution in [3.63, 3.8) is 0 Å². The van der Waals surface area contributed by atoms with Crippen molar-refractivity contribution in [3.8, 4) is 6.07 Å². The maximum absolute atomic E-state index is 8.95. The van der Waals surface area contributed by atoms with Gasteiger partial charge in [-0.1, -0.05) is 13.3 Å². The van der Waals surface area contributed by atoms with Gasteiger partial charge in [-0.05, 0) is 30.7 Å². The van der Waals surface area contributed by atoms with E-state index >= 15 is 0 Å². The smallest absolute Gasteiger partial charge is 0.114 e. The highest BCUT2D eigenvalue weighted by Gasteiger charge is 2.05. The zero-order valence-electron chi connectivity index (χ0n) is 8.58. The molecule has 0 atom stereocenters. The molecule has 0 radical (unpaired) electrons. The third-order valence-electron chi connectivity index (χ3n) is 1.97. The highest BCUT2D eigenvalue weighted by atomic mass is 32.2. The lowest BCUT2D eigenvalue weighted by molar-refractivity contribution is 0.894. The highest BCUT2D eigenvalue weighted by molar-refractivity contribution is 7.99. The minimum absolute atomic E-state index is 0.730. The lowest BCUT2D eigenvalue weighted by Crippen LogP contribution is -1.91. The van der Waals surface area contributed by atoms with Gasteiger partial charge in [0.15, 0.2) is 0 Å². The van der Waals surface area contributed by atoms with Crippen LogP contribution in [0.5, 0.6) is 0 Å². The second kappa shape index (κ2) is 5.66. The third kappa shape index (κ3) is 2.74. The van der Waals surface area contributed by atoms with E-state index < -0.39 is 0 Å². The minimum Gasteiger partial charge on any atom is -0.249 e. The van der Waals surface area contributed by atoms with Gasteiger partial charge in [-0.15, -0.1) is 11.8 Å². The Kier molecular flexibility index (Phi) is 4.48. The number of nitriles is 1. The highest BCUT2D eigenvalue weighted by Crippen LogP contribution is 2.22. The van der Waals surface area contributed by atoms with Gasteiger partial charge in [-0.3, -0.25) is 0 Å². The topological polar surface area (TPSA) is 36.7 Å². The lowest BCUT2D eigenvalue weighted by atomic mass is 10.2. The number of unbranched alkanes of at least 4 members (excludes halogenated alkanes) is 1. The molecule has 0 aliphatic heterocycles. The van der Waals surface area contributed by atoms with Crippen LogP contribution in [-0.2, 0) is 0 Å². The Morgan fingerprint density at radius 2 is 2.36 bits per heavy atom. The van der Waals surface area contributed by atoms with Crippen LogP contribution in [0.1, 0.15) is 30.9 Å². The van der Waals surface area contributed by atoms with Crippen molar-refractivity contribution >= 4 is 11.8 Å². The van der Waals surface area contributed by atoms with E-state index in [1.54, 1.807) is 18.0 Å². The first-order valence-electron chi connectivity index (χ1n) is 4.78. The molecule has 1 aromatic rings. The fraction of sp³-hybridized carbons (Fsp3) is 0.455. The average molecular weight is 206 g/mol. The van der Waals surface area contributed by atoms with Crippen LogP contribution in [0.4, 0.5) is 0 Å². The number of thioether (sulfide) groups is 1. The second-order valence-electron chi connectivity index (χ2n) is 3.12. The first kappa shape index (κ1) is 11.1. The van der Waals surface area contributed by atoms with Gasteiger partial charge in [0, 0.05) is 6.20 Å². The van der Waals surface area contributed by atoms with Crippen LogP contribution >= 0.6 is 11.8 Å². The molecule has 3 heteroatoms. The van der Waals surface area contributed by atoms with E-state index in [2.05, 4.69) is 18.0 Å². The van der Waals surface area contributed by atoms with Gasteiger partial charge in [0.05, 0.1) is 5.56 Å². The van der Waals surface area contributed by atoms with Gasteiger partial charge < -0.3 is 0 Å². The first-order valence-corrected chi connectivity index (χ1v) is 5.76. The van der Waals surface area contributed by atoms with E-state index in [0.29, 0.717) is 0 Å². The molecule has 74 valence electrons. The van der Waals surface area contributed by atoms with Crippen LogP contribution < -0.4 is 0 Å². The largest absolute Gasteiger partial charge is 0.249 e. The van der Waals surface area contributed by atoms with Gasteiger partial charge in [-0.25, -0.2) is 4.98 Å². The Morgan fingerprint density at radius 3 is 3.00 bits per heavy atom. The van der Waals surface area contributed by atoms with Crippen molar-refractivity contribution in [1.29, 1.82) is 5.26 Å². The fourth-order valence-electron chi connectivity index (χ4n) is 1.09. The molecule has 0 bridgehead atoms. The van der Waals surface area contributed by atoms with E-state index in [1.807, 2.05) is 13.0 Å². The molecule has 0 unspecified atom stereocenters. The van der Waals surface area contributed by atoms with Crippen molar-refractivity contribution in [1.82, 2.24) is 4.98 Å². The maximum Gasteiger partial charge on any atom is 0.114 e. The quantitative estimate of drug-likeness (QED) is 0.561. The standard InChI is InChI=1S/C11H14N2S/c1-3-4-7-14-11-10(8-12)9(2)5-6-13-11/h5-6H,3-4,7H2,1-2H3. The zero-order chi connectivity index (χ0) is 10.4. The number of hydrogen-bond donors (Lipinski definition) is 0. The molecule has 0 aliphatic carbocycles. The van der Waals surface area contributed by atoms with E-state index in [0.717, 1.165) is 21.9 Å². The minimum atomic E-state index is 0.730. The molecule has 0 saturated carbocycles. The molecule has 0 fully saturated rings. The molecule has 0 saturated heterocycles. The summed E-state index contributed by atoms with van der Waals surface area (Å²) in [6.07, 6.45) is 4.12. The zero-order valence-corrected chi connectivity index (χ0v) is 9.40. The summed E-state index contributed by atoms with van der Waals surface area (Å²) in [4.78, 5) is 4.22. The molecule has 0 aliphatic rings. The third-order valence-corrected chi connectivity index (χ3v) is 3.05. The number of hydrogen-bond acceptors (Lipinski definition) is 3. The van der Waals surface area contributed by atoms with Gasteiger partial charge >= 0.3 is 0 Å². The molecule has 0 aromatic carbocycles. The Labute approximate surface area is 89.4 Å². The Bertz CT molecular complexity index is 342.